The summed E-state index contributed by atoms with van der Waals surface area (Å²) < 4.78 is 9.94. The van der Waals surface area contributed by atoms with Crippen molar-refractivity contribution in [3.8, 4) is 0 Å². The number of aliphatic hydroxyl groups is 1. The number of aryl methyl sites for hydroxylation is 1. The number of nitrogens with zero attached hydrogens (tertiary/aromatic N) is 1. The Bertz CT molecular complexity index is 306. The van der Waals surface area contributed by atoms with Gasteiger partial charge < -0.3 is 20.3 Å². The summed E-state index contributed by atoms with van der Waals surface area (Å²) in [7, 11) is 2.92. The molecule has 5 nitrogen and oxygen atoms in total. The van der Waals surface area contributed by atoms with Crippen molar-refractivity contribution in [3.63, 3.8) is 0 Å². The minimum atomic E-state index is -0.936. The number of ether oxygens (including phenoxy) is 2. The smallest absolute Gasteiger partial charge is 0.187 e. The second kappa shape index (κ2) is 5.06. The van der Waals surface area contributed by atoms with E-state index in [1.165, 1.54) is 14.2 Å². The molecule has 1 heterocycles. The SMILES string of the molecule is COC(OC)C(O)c1c(C)ccnc1N. The number of rotatable bonds is 4. The molecule has 0 bridgehead atoms. The van der Waals surface area contributed by atoms with E-state index in [1.807, 2.05) is 6.92 Å². The van der Waals surface area contributed by atoms with E-state index in [2.05, 4.69) is 4.98 Å². The predicted octanol–water partition coefficient (Wildman–Crippen LogP) is 0.625. The molecule has 5 heteroatoms. The molecule has 0 aliphatic rings. The van der Waals surface area contributed by atoms with Crippen LogP contribution in [0.5, 0.6) is 0 Å². The Morgan fingerprint density at radius 3 is 2.47 bits per heavy atom. The minimum absolute atomic E-state index is 0.293. The largest absolute Gasteiger partial charge is 0.383 e. The molecule has 0 aliphatic heterocycles. The first-order valence-corrected chi connectivity index (χ1v) is 4.56. The first kappa shape index (κ1) is 11.9. The Morgan fingerprint density at radius 1 is 1.40 bits per heavy atom. The zero-order valence-corrected chi connectivity index (χ0v) is 9.10. The summed E-state index contributed by atoms with van der Waals surface area (Å²) in [6, 6.07) is 1.78. The monoisotopic (exact) mass is 212 g/mol. The quantitative estimate of drug-likeness (QED) is 0.715. The number of nitrogen functional groups attached to an aromatic ring is 1. The number of aliphatic hydroxyl groups excluding tert-OH is 1. The van der Waals surface area contributed by atoms with Gasteiger partial charge in [0.05, 0.1) is 0 Å². The normalized spacial score (nSPS) is 13.1. The zero-order valence-electron chi connectivity index (χ0n) is 9.10. The third kappa shape index (κ3) is 2.44. The van der Waals surface area contributed by atoms with Gasteiger partial charge in [-0.2, -0.15) is 0 Å². The van der Waals surface area contributed by atoms with Gasteiger partial charge in [0.1, 0.15) is 11.9 Å². The van der Waals surface area contributed by atoms with Gasteiger partial charge in [0.2, 0.25) is 0 Å². The van der Waals surface area contributed by atoms with Gasteiger partial charge in [-0.25, -0.2) is 4.98 Å². The summed E-state index contributed by atoms with van der Waals surface area (Å²) >= 11 is 0. The molecule has 1 atom stereocenters. The van der Waals surface area contributed by atoms with Crippen LogP contribution in [0.2, 0.25) is 0 Å². The number of pyridine rings is 1. The van der Waals surface area contributed by atoms with Crippen molar-refractivity contribution in [2.75, 3.05) is 20.0 Å². The summed E-state index contributed by atoms with van der Waals surface area (Å²) in [5, 5.41) is 9.97. The number of hydrogen-bond acceptors (Lipinski definition) is 5. The molecule has 0 fully saturated rings. The number of nitrogens with two attached hydrogens (primary N) is 1. The van der Waals surface area contributed by atoms with Gasteiger partial charge in [-0.15, -0.1) is 0 Å². The van der Waals surface area contributed by atoms with E-state index in [0.717, 1.165) is 5.56 Å². The number of anilines is 1. The highest BCUT2D eigenvalue weighted by atomic mass is 16.7. The van der Waals surface area contributed by atoms with Gasteiger partial charge in [0, 0.05) is 26.0 Å². The fourth-order valence-corrected chi connectivity index (χ4v) is 1.47. The lowest BCUT2D eigenvalue weighted by Crippen LogP contribution is -2.24. The molecule has 0 aliphatic carbocycles. The molecular weight excluding hydrogens is 196 g/mol. The van der Waals surface area contributed by atoms with Crippen LogP contribution in [0.25, 0.3) is 0 Å². The molecule has 84 valence electrons. The molecule has 1 aromatic rings. The van der Waals surface area contributed by atoms with Crippen molar-refractivity contribution in [1.29, 1.82) is 0 Å². The molecule has 1 aromatic heterocycles. The lowest BCUT2D eigenvalue weighted by molar-refractivity contribution is -0.166. The topological polar surface area (TPSA) is 77.6 Å². The molecule has 1 unspecified atom stereocenters. The van der Waals surface area contributed by atoms with Gasteiger partial charge >= 0.3 is 0 Å². The van der Waals surface area contributed by atoms with Crippen molar-refractivity contribution in [2.24, 2.45) is 0 Å². The van der Waals surface area contributed by atoms with Crippen molar-refractivity contribution < 1.29 is 14.6 Å². The average Bonchev–Trinajstić information content (AvgIpc) is 2.19. The first-order valence-electron chi connectivity index (χ1n) is 4.56. The summed E-state index contributed by atoms with van der Waals surface area (Å²) in [5.41, 5.74) is 7.09. The molecule has 0 amide bonds. The van der Waals surface area contributed by atoms with E-state index in [-0.39, 0.29) is 0 Å². The molecule has 0 saturated carbocycles. The Morgan fingerprint density at radius 2 is 2.00 bits per heavy atom. The minimum Gasteiger partial charge on any atom is -0.383 e. The molecular formula is C10H16N2O3. The summed E-state index contributed by atoms with van der Waals surface area (Å²) in [6.45, 7) is 1.85. The maximum absolute atomic E-state index is 9.97. The van der Waals surface area contributed by atoms with Gasteiger partial charge in [0.25, 0.3) is 0 Å². The second-order valence-corrected chi connectivity index (χ2v) is 3.21. The maximum Gasteiger partial charge on any atom is 0.187 e. The molecule has 0 saturated heterocycles. The van der Waals surface area contributed by atoms with Crippen LogP contribution in [0, 0.1) is 6.92 Å². The molecule has 15 heavy (non-hydrogen) atoms. The van der Waals surface area contributed by atoms with E-state index in [9.17, 15) is 5.11 Å². The summed E-state index contributed by atoms with van der Waals surface area (Å²) in [5.74, 6) is 0.293. The third-order valence-corrected chi connectivity index (χ3v) is 2.26. The van der Waals surface area contributed by atoms with Gasteiger partial charge in [-0.1, -0.05) is 0 Å². The average molecular weight is 212 g/mol. The Balaban J connectivity index is 3.04. The Hall–Kier alpha value is -1.17. The third-order valence-electron chi connectivity index (χ3n) is 2.26. The standard InChI is InChI=1S/C10H16N2O3/c1-6-4-5-12-9(11)7(6)8(13)10(14-2)15-3/h4-5,8,10,13H,1-3H3,(H2,11,12). The van der Waals surface area contributed by atoms with Crippen molar-refractivity contribution in [1.82, 2.24) is 4.98 Å². The van der Waals surface area contributed by atoms with Crippen molar-refractivity contribution in [2.45, 2.75) is 19.3 Å². The van der Waals surface area contributed by atoms with Crippen LogP contribution in [0.1, 0.15) is 17.2 Å². The number of aromatic nitrogens is 1. The van der Waals surface area contributed by atoms with E-state index < -0.39 is 12.4 Å². The lowest BCUT2D eigenvalue weighted by atomic mass is 10.0. The van der Waals surface area contributed by atoms with Crippen LogP contribution in [-0.2, 0) is 9.47 Å². The van der Waals surface area contributed by atoms with E-state index in [1.54, 1.807) is 12.3 Å². The fraction of sp³-hybridized carbons (Fsp3) is 0.500. The van der Waals surface area contributed by atoms with E-state index in [0.29, 0.717) is 11.4 Å². The molecule has 0 radical (unpaired) electrons. The van der Waals surface area contributed by atoms with Gasteiger partial charge in [0.15, 0.2) is 6.29 Å². The van der Waals surface area contributed by atoms with Crippen LogP contribution in [0.3, 0.4) is 0 Å². The Kier molecular flexibility index (Phi) is 4.02. The van der Waals surface area contributed by atoms with E-state index >= 15 is 0 Å². The van der Waals surface area contributed by atoms with Crippen molar-refractivity contribution in [3.05, 3.63) is 23.4 Å². The number of methoxy groups -OCH3 is 2. The highest BCUT2D eigenvalue weighted by Crippen LogP contribution is 2.26. The molecule has 0 aromatic carbocycles. The van der Waals surface area contributed by atoms with Crippen LogP contribution in [-0.4, -0.2) is 30.6 Å². The first-order chi connectivity index (χ1) is 7.11. The molecule has 0 spiro atoms. The van der Waals surface area contributed by atoms with Crippen molar-refractivity contribution >= 4 is 5.82 Å². The lowest BCUT2D eigenvalue weighted by Gasteiger charge is -2.22. The zero-order chi connectivity index (χ0) is 11.4. The highest BCUT2D eigenvalue weighted by Gasteiger charge is 2.24. The maximum atomic E-state index is 9.97. The molecule has 3 N–H and O–H groups in total. The predicted molar refractivity (Wildman–Crippen MR) is 56.2 cm³/mol. The fourth-order valence-electron chi connectivity index (χ4n) is 1.47. The van der Waals surface area contributed by atoms with E-state index in [4.69, 9.17) is 15.2 Å². The Labute approximate surface area is 88.8 Å². The highest BCUT2D eigenvalue weighted by molar-refractivity contribution is 5.45. The van der Waals surface area contributed by atoms with Gasteiger partial charge in [-0.3, -0.25) is 0 Å². The molecule has 1 rings (SSSR count). The number of hydrogen-bond donors (Lipinski definition) is 2. The second-order valence-electron chi connectivity index (χ2n) is 3.21. The van der Waals surface area contributed by atoms with Crippen LogP contribution < -0.4 is 5.73 Å². The summed E-state index contributed by atoms with van der Waals surface area (Å²) in [4.78, 5) is 3.92. The van der Waals surface area contributed by atoms with Gasteiger partial charge in [-0.05, 0) is 18.6 Å². The summed E-state index contributed by atoms with van der Waals surface area (Å²) in [6.07, 6.45) is -0.0842. The van der Waals surface area contributed by atoms with Crippen LogP contribution in [0.4, 0.5) is 5.82 Å². The van der Waals surface area contributed by atoms with Crippen LogP contribution in [0.15, 0.2) is 12.3 Å². The van der Waals surface area contributed by atoms with Crippen LogP contribution >= 0.6 is 0 Å².